The Morgan fingerprint density at radius 2 is 2.06 bits per heavy atom. The second-order valence-electron chi connectivity index (χ2n) is 5.13. The van der Waals surface area contributed by atoms with Crippen molar-refractivity contribution in [1.29, 1.82) is 0 Å². The van der Waals surface area contributed by atoms with Crippen LogP contribution in [-0.4, -0.2) is 26.3 Å². The van der Waals surface area contributed by atoms with Crippen LogP contribution in [0.1, 0.15) is 43.4 Å². The minimum absolute atomic E-state index is 0.104. The van der Waals surface area contributed by atoms with Crippen LogP contribution in [0, 0.1) is 5.92 Å². The summed E-state index contributed by atoms with van der Waals surface area (Å²) in [6, 6.07) is 0.104. The first-order valence-corrected chi connectivity index (χ1v) is 7.75. The molecule has 4 nitrogen and oxygen atoms in total. The van der Waals surface area contributed by atoms with E-state index in [0.29, 0.717) is 0 Å². The first-order valence-electron chi connectivity index (χ1n) is 6.60. The van der Waals surface area contributed by atoms with E-state index in [2.05, 4.69) is 26.5 Å². The van der Waals surface area contributed by atoms with Crippen LogP contribution in [0.15, 0.2) is 0 Å². The van der Waals surface area contributed by atoms with Gasteiger partial charge >= 0.3 is 0 Å². The summed E-state index contributed by atoms with van der Waals surface area (Å²) in [7, 11) is 0. The summed E-state index contributed by atoms with van der Waals surface area (Å²) in [6.45, 7) is 1.06. The van der Waals surface area contributed by atoms with Crippen molar-refractivity contribution in [3.05, 3.63) is 11.6 Å². The molecule has 1 unspecified atom stereocenters. The number of thioether (sulfide) groups is 1. The summed E-state index contributed by atoms with van der Waals surface area (Å²) in [5, 5.41) is 8.65. The fourth-order valence-electron chi connectivity index (χ4n) is 2.83. The highest BCUT2D eigenvalue weighted by Gasteiger charge is 2.24. The van der Waals surface area contributed by atoms with Crippen LogP contribution in [0.25, 0.3) is 0 Å². The van der Waals surface area contributed by atoms with Gasteiger partial charge in [0.25, 0.3) is 0 Å². The van der Waals surface area contributed by atoms with E-state index >= 15 is 0 Å². The van der Waals surface area contributed by atoms with E-state index in [1.54, 1.807) is 0 Å². The molecule has 2 aliphatic heterocycles. The molecule has 0 aromatic carbocycles. The summed E-state index contributed by atoms with van der Waals surface area (Å²) in [5.74, 6) is 5.61. The third-order valence-electron chi connectivity index (χ3n) is 3.90. The van der Waals surface area contributed by atoms with E-state index in [9.17, 15) is 0 Å². The van der Waals surface area contributed by atoms with Crippen LogP contribution in [0.5, 0.6) is 0 Å². The molecule has 1 aromatic rings. The van der Waals surface area contributed by atoms with E-state index < -0.39 is 0 Å². The summed E-state index contributed by atoms with van der Waals surface area (Å²) in [4.78, 5) is 0. The Morgan fingerprint density at radius 3 is 2.88 bits per heavy atom. The smallest absolute Gasteiger partial charge is 0.149 e. The van der Waals surface area contributed by atoms with Crippen molar-refractivity contribution in [3.8, 4) is 0 Å². The van der Waals surface area contributed by atoms with Gasteiger partial charge in [0.05, 0.1) is 6.04 Å². The Kier molecular flexibility index (Phi) is 3.38. The maximum atomic E-state index is 6.07. The van der Waals surface area contributed by atoms with Crippen molar-refractivity contribution in [3.63, 3.8) is 0 Å². The van der Waals surface area contributed by atoms with Gasteiger partial charge in [-0.05, 0) is 43.1 Å². The van der Waals surface area contributed by atoms with Gasteiger partial charge in [-0.1, -0.05) is 0 Å². The van der Waals surface area contributed by atoms with Crippen molar-refractivity contribution in [1.82, 2.24) is 14.8 Å². The normalized spacial score (nSPS) is 25.8. The second kappa shape index (κ2) is 4.98. The highest BCUT2D eigenvalue weighted by atomic mass is 32.2. The quantitative estimate of drug-likeness (QED) is 0.871. The molecule has 1 aromatic heterocycles. The molecule has 3 heterocycles. The number of nitrogens with zero attached hydrogens (tertiary/aromatic N) is 3. The van der Waals surface area contributed by atoms with Gasteiger partial charge < -0.3 is 10.3 Å². The highest BCUT2D eigenvalue weighted by molar-refractivity contribution is 7.99. The van der Waals surface area contributed by atoms with Gasteiger partial charge in [-0.15, -0.1) is 10.2 Å². The first-order chi connectivity index (χ1) is 8.34. The second-order valence-corrected chi connectivity index (χ2v) is 6.36. The topological polar surface area (TPSA) is 56.7 Å². The van der Waals surface area contributed by atoms with Gasteiger partial charge in [0, 0.05) is 13.0 Å². The van der Waals surface area contributed by atoms with Gasteiger partial charge in [-0.3, -0.25) is 0 Å². The molecule has 1 atom stereocenters. The van der Waals surface area contributed by atoms with Gasteiger partial charge in [0.2, 0.25) is 0 Å². The van der Waals surface area contributed by atoms with Gasteiger partial charge in [0.1, 0.15) is 11.6 Å². The lowest BCUT2D eigenvalue weighted by Crippen LogP contribution is -2.24. The Balaban J connectivity index is 1.74. The SMILES string of the molecule is NC1CCCn2c(CC3CCSCC3)nnc21. The lowest BCUT2D eigenvalue weighted by molar-refractivity contribution is 0.419. The number of rotatable bonds is 2. The lowest BCUT2D eigenvalue weighted by Gasteiger charge is -2.23. The fourth-order valence-corrected chi connectivity index (χ4v) is 4.03. The predicted octanol–water partition coefficient (Wildman–Crippen LogP) is 1.76. The van der Waals surface area contributed by atoms with Gasteiger partial charge in [-0.2, -0.15) is 11.8 Å². The van der Waals surface area contributed by atoms with E-state index in [-0.39, 0.29) is 6.04 Å². The maximum Gasteiger partial charge on any atom is 0.149 e. The van der Waals surface area contributed by atoms with Crippen molar-refractivity contribution < 1.29 is 0 Å². The average Bonchev–Trinajstić information content (AvgIpc) is 2.76. The van der Waals surface area contributed by atoms with E-state index in [1.165, 1.54) is 36.6 Å². The average molecular weight is 252 g/mol. The molecular weight excluding hydrogens is 232 g/mol. The number of aromatic nitrogens is 3. The van der Waals surface area contributed by atoms with Crippen molar-refractivity contribution >= 4 is 11.8 Å². The van der Waals surface area contributed by atoms with Crippen molar-refractivity contribution in [2.45, 2.75) is 44.7 Å². The number of fused-ring (bicyclic) bond motifs is 1. The highest BCUT2D eigenvalue weighted by Crippen LogP contribution is 2.28. The molecule has 3 rings (SSSR count). The van der Waals surface area contributed by atoms with Crippen LogP contribution >= 0.6 is 11.8 Å². The largest absolute Gasteiger partial charge is 0.321 e. The summed E-state index contributed by atoms with van der Waals surface area (Å²) in [5.41, 5.74) is 6.07. The lowest BCUT2D eigenvalue weighted by atomic mass is 9.98. The minimum atomic E-state index is 0.104. The zero-order valence-electron chi connectivity index (χ0n) is 10.1. The van der Waals surface area contributed by atoms with E-state index in [4.69, 9.17) is 5.73 Å². The summed E-state index contributed by atoms with van der Waals surface area (Å²) in [6.07, 6.45) is 5.98. The molecule has 0 amide bonds. The number of hydrogen-bond acceptors (Lipinski definition) is 4. The Bertz CT molecular complexity index is 384. The molecule has 1 saturated heterocycles. The third-order valence-corrected chi connectivity index (χ3v) is 4.95. The molecular formula is C12H20N4S. The van der Waals surface area contributed by atoms with Crippen LogP contribution in [0.2, 0.25) is 0 Å². The maximum absolute atomic E-state index is 6.07. The third kappa shape index (κ3) is 2.36. The Labute approximate surface area is 106 Å². The standard InChI is InChI=1S/C12H20N4S/c13-10-2-1-5-16-11(14-15-12(10)16)8-9-3-6-17-7-4-9/h9-10H,1-8,13H2. The molecule has 1 fully saturated rings. The summed E-state index contributed by atoms with van der Waals surface area (Å²) < 4.78 is 2.27. The zero-order valence-corrected chi connectivity index (χ0v) is 11.0. The van der Waals surface area contributed by atoms with E-state index in [1.807, 2.05) is 0 Å². The fraction of sp³-hybridized carbons (Fsp3) is 0.833. The first kappa shape index (κ1) is 11.5. The minimum Gasteiger partial charge on any atom is -0.321 e. The van der Waals surface area contributed by atoms with Crippen molar-refractivity contribution in [2.24, 2.45) is 11.7 Å². The van der Waals surface area contributed by atoms with Gasteiger partial charge in [-0.25, -0.2) is 0 Å². The number of nitrogens with two attached hydrogens (primary N) is 1. The molecule has 2 aliphatic rings. The van der Waals surface area contributed by atoms with Crippen LogP contribution in [0.3, 0.4) is 0 Å². The molecule has 2 N–H and O–H groups in total. The zero-order chi connectivity index (χ0) is 11.7. The molecule has 0 spiro atoms. The monoisotopic (exact) mass is 252 g/mol. The molecule has 0 aliphatic carbocycles. The van der Waals surface area contributed by atoms with Crippen LogP contribution < -0.4 is 5.73 Å². The van der Waals surface area contributed by atoms with Gasteiger partial charge in [0.15, 0.2) is 0 Å². The van der Waals surface area contributed by atoms with Crippen LogP contribution in [-0.2, 0) is 13.0 Å². The molecule has 17 heavy (non-hydrogen) atoms. The summed E-state index contributed by atoms with van der Waals surface area (Å²) >= 11 is 2.08. The Hall–Kier alpha value is -0.550. The van der Waals surface area contributed by atoms with E-state index in [0.717, 1.165) is 31.1 Å². The molecule has 0 bridgehead atoms. The molecule has 94 valence electrons. The van der Waals surface area contributed by atoms with Crippen molar-refractivity contribution in [2.75, 3.05) is 11.5 Å². The molecule has 0 saturated carbocycles. The predicted molar refractivity (Wildman–Crippen MR) is 69.9 cm³/mol. The Morgan fingerprint density at radius 1 is 1.24 bits per heavy atom. The van der Waals surface area contributed by atoms with Crippen LogP contribution in [0.4, 0.5) is 0 Å². The molecule has 0 radical (unpaired) electrons. The molecule has 5 heteroatoms. The number of hydrogen-bond donors (Lipinski definition) is 1.